The Kier molecular flexibility index (Phi) is 22.6. The molecular weight excluding hydrogens is 396 g/mol. The zero-order chi connectivity index (χ0) is 22.3. The average molecular weight is 445 g/mol. The van der Waals surface area contributed by atoms with Crippen molar-refractivity contribution in [3.05, 3.63) is 0 Å². The molecule has 0 aliphatic carbocycles. The number of nitrogens with zero attached hydrogens (tertiary/aromatic N) is 1. The summed E-state index contributed by atoms with van der Waals surface area (Å²) in [6.45, 7) is 4.15. The fourth-order valence-electron chi connectivity index (χ4n) is 3.51. The first-order valence-corrected chi connectivity index (χ1v) is 13.7. The van der Waals surface area contributed by atoms with E-state index < -0.39 is 0 Å². The van der Waals surface area contributed by atoms with E-state index >= 15 is 0 Å². The number of carbonyl (C=O) groups excluding carboxylic acids is 2. The number of unbranched alkanes of at least 4 members (excludes halogenated alkanes) is 11. The van der Waals surface area contributed by atoms with Gasteiger partial charge in [0.15, 0.2) is 0 Å². The lowest BCUT2D eigenvalue weighted by Crippen LogP contribution is -2.29. The van der Waals surface area contributed by atoms with E-state index in [9.17, 15) is 14.8 Å². The van der Waals surface area contributed by atoms with Crippen LogP contribution in [-0.2, 0) is 9.59 Å². The van der Waals surface area contributed by atoms with Gasteiger partial charge >= 0.3 is 0 Å². The molecule has 0 aromatic rings. The second-order valence-electron chi connectivity index (χ2n) is 8.37. The quantitative estimate of drug-likeness (QED) is 0.150. The van der Waals surface area contributed by atoms with E-state index in [4.69, 9.17) is 0 Å². The zero-order valence-electron chi connectivity index (χ0n) is 19.8. The van der Waals surface area contributed by atoms with Gasteiger partial charge < -0.3 is 10.5 Å². The molecule has 0 atom stereocenters. The largest absolute Gasteiger partial charge is 0.355 e. The van der Waals surface area contributed by atoms with Gasteiger partial charge in [0.1, 0.15) is 5.78 Å². The Morgan fingerprint density at radius 3 is 1.83 bits per heavy atom. The monoisotopic (exact) mass is 444 g/mol. The van der Waals surface area contributed by atoms with Crippen LogP contribution < -0.4 is 5.32 Å². The van der Waals surface area contributed by atoms with Crippen LogP contribution in [0.15, 0.2) is 0 Å². The minimum absolute atomic E-state index is 0.0616. The van der Waals surface area contributed by atoms with Crippen molar-refractivity contribution in [1.29, 1.82) is 0 Å². The molecule has 0 saturated carbocycles. The fourth-order valence-corrected chi connectivity index (χ4v) is 3.88. The second-order valence-corrected chi connectivity index (χ2v) is 9.24. The van der Waals surface area contributed by atoms with Gasteiger partial charge in [0.2, 0.25) is 5.91 Å². The zero-order valence-corrected chi connectivity index (χ0v) is 20.6. The summed E-state index contributed by atoms with van der Waals surface area (Å²) in [7, 11) is 0. The van der Waals surface area contributed by atoms with E-state index in [1.165, 1.54) is 68.2 Å². The molecule has 30 heavy (non-hydrogen) atoms. The van der Waals surface area contributed by atoms with Crippen molar-refractivity contribution in [1.82, 2.24) is 10.4 Å². The van der Waals surface area contributed by atoms with Gasteiger partial charge in [-0.25, -0.2) is 0 Å². The summed E-state index contributed by atoms with van der Waals surface area (Å²) in [6, 6.07) is 0. The van der Waals surface area contributed by atoms with Gasteiger partial charge in [-0.3, -0.25) is 9.59 Å². The maximum atomic E-state index is 11.9. The molecular formula is C24H48N2O3S. The minimum atomic E-state index is 0.0616. The molecule has 0 aliphatic rings. The summed E-state index contributed by atoms with van der Waals surface area (Å²) in [5.74, 6) is 1.01. The average Bonchev–Trinajstić information content (AvgIpc) is 2.72. The molecule has 0 rings (SSSR count). The minimum Gasteiger partial charge on any atom is -0.355 e. The first kappa shape index (κ1) is 29.4. The molecule has 0 spiro atoms. The highest BCUT2D eigenvalue weighted by atomic mass is 32.2. The van der Waals surface area contributed by atoms with Gasteiger partial charge in [0.05, 0.1) is 5.75 Å². The molecule has 0 saturated heterocycles. The predicted octanol–water partition coefficient (Wildman–Crippen LogP) is 5.99. The van der Waals surface area contributed by atoms with Crippen molar-refractivity contribution in [2.24, 2.45) is 0 Å². The summed E-state index contributed by atoms with van der Waals surface area (Å²) < 4.78 is 0. The van der Waals surface area contributed by atoms with Gasteiger partial charge in [-0.1, -0.05) is 71.1 Å². The van der Waals surface area contributed by atoms with Gasteiger partial charge in [-0.2, -0.15) is 16.8 Å². The highest BCUT2D eigenvalue weighted by Crippen LogP contribution is 2.12. The van der Waals surface area contributed by atoms with Crippen LogP contribution in [0.3, 0.4) is 0 Å². The number of hydrogen-bond donors (Lipinski definition) is 2. The summed E-state index contributed by atoms with van der Waals surface area (Å²) in [4.78, 5) is 23.2. The van der Waals surface area contributed by atoms with Crippen molar-refractivity contribution in [3.63, 3.8) is 0 Å². The van der Waals surface area contributed by atoms with Crippen molar-refractivity contribution in [2.45, 2.75) is 110 Å². The van der Waals surface area contributed by atoms with Gasteiger partial charge in [-0.15, -0.1) is 0 Å². The van der Waals surface area contributed by atoms with Crippen LogP contribution in [0, 0.1) is 0 Å². The second kappa shape index (κ2) is 23.1. The SMILES string of the molecule is CCCCCCCCCC(=O)CCCCCCCCN(O)CCCNC(=O)CSC. The van der Waals surface area contributed by atoms with E-state index in [0.717, 1.165) is 51.4 Å². The molecule has 0 aromatic carbocycles. The van der Waals surface area contributed by atoms with Crippen molar-refractivity contribution in [3.8, 4) is 0 Å². The number of nitrogens with one attached hydrogen (secondary N) is 1. The number of amides is 1. The summed E-state index contributed by atoms with van der Waals surface area (Å²) in [6.07, 6.45) is 19.7. The van der Waals surface area contributed by atoms with E-state index in [2.05, 4.69) is 12.2 Å². The van der Waals surface area contributed by atoms with Crippen LogP contribution in [0.2, 0.25) is 0 Å². The molecule has 5 nitrogen and oxygen atoms in total. The Hall–Kier alpha value is -0.590. The van der Waals surface area contributed by atoms with Crippen LogP contribution in [0.5, 0.6) is 0 Å². The number of rotatable bonds is 23. The predicted molar refractivity (Wildman–Crippen MR) is 129 cm³/mol. The molecule has 0 heterocycles. The standard InChI is InChI=1S/C24H48N2O3S/c1-3-4-5-6-7-10-13-17-23(27)18-14-11-8-9-12-15-20-26(29)21-16-19-25-24(28)22-30-2/h29H,3-22H2,1-2H3,(H,25,28). The lowest BCUT2D eigenvalue weighted by atomic mass is 10.0. The van der Waals surface area contributed by atoms with Crippen LogP contribution in [0.25, 0.3) is 0 Å². The topological polar surface area (TPSA) is 69.6 Å². The van der Waals surface area contributed by atoms with E-state index in [1.807, 2.05) is 6.26 Å². The third-order valence-corrected chi connectivity index (χ3v) is 5.92. The molecule has 6 heteroatoms. The summed E-state index contributed by atoms with van der Waals surface area (Å²) in [5, 5.41) is 14.0. The number of thioether (sulfide) groups is 1. The van der Waals surface area contributed by atoms with Crippen LogP contribution in [-0.4, -0.2) is 53.6 Å². The Morgan fingerprint density at radius 2 is 1.27 bits per heavy atom. The fraction of sp³-hybridized carbons (Fsp3) is 0.917. The molecule has 2 N–H and O–H groups in total. The first-order valence-electron chi connectivity index (χ1n) is 12.3. The molecule has 0 aromatic heterocycles. The highest BCUT2D eigenvalue weighted by Gasteiger charge is 2.04. The molecule has 0 fully saturated rings. The van der Waals surface area contributed by atoms with Crippen molar-refractivity contribution < 1.29 is 14.8 Å². The Labute approximate surface area is 190 Å². The number of ketones is 1. The maximum absolute atomic E-state index is 11.9. The molecule has 1 amide bonds. The van der Waals surface area contributed by atoms with Crippen LogP contribution in [0.1, 0.15) is 110 Å². The van der Waals surface area contributed by atoms with E-state index in [1.54, 1.807) is 0 Å². The Balaban J connectivity index is 3.31. The van der Waals surface area contributed by atoms with Crippen LogP contribution >= 0.6 is 11.8 Å². The summed E-state index contributed by atoms with van der Waals surface area (Å²) >= 11 is 1.51. The normalized spacial score (nSPS) is 11.2. The summed E-state index contributed by atoms with van der Waals surface area (Å²) in [5.41, 5.74) is 0. The Morgan fingerprint density at radius 1 is 0.767 bits per heavy atom. The highest BCUT2D eigenvalue weighted by molar-refractivity contribution is 7.99. The maximum Gasteiger partial charge on any atom is 0.229 e. The molecule has 178 valence electrons. The van der Waals surface area contributed by atoms with E-state index in [-0.39, 0.29) is 5.91 Å². The first-order chi connectivity index (χ1) is 14.6. The van der Waals surface area contributed by atoms with Gasteiger partial charge in [0.25, 0.3) is 0 Å². The van der Waals surface area contributed by atoms with Gasteiger partial charge in [-0.05, 0) is 31.9 Å². The number of carbonyl (C=O) groups is 2. The number of hydroxylamine groups is 2. The molecule has 0 unspecified atom stereocenters. The third kappa shape index (κ3) is 22.1. The smallest absolute Gasteiger partial charge is 0.229 e. The third-order valence-electron chi connectivity index (χ3n) is 5.37. The molecule has 0 aliphatic heterocycles. The lowest BCUT2D eigenvalue weighted by Gasteiger charge is -2.14. The number of hydrogen-bond acceptors (Lipinski definition) is 5. The van der Waals surface area contributed by atoms with Crippen molar-refractivity contribution in [2.75, 3.05) is 31.6 Å². The Bertz CT molecular complexity index is 408. The number of Topliss-reactive ketones (excluding diaryl/α,β-unsaturated/α-hetero) is 1. The van der Waals surface area contributed by atoms with Gasteiger partial charge in [0, 0.05) is 32.5 Å². The van der Waals surface area contributed by atoms with E-state index in [0.29, 0.717) is 31.2 Å². The van der Waals surface area contributed by atoms with Crippen LogP contribution in [0.4, 0.5) is 0 Å². The molecule has 0 radical (unpaired) electrons. The molecule has 0 bridgehead atoms. The lowest BCUT2D eigenvalue weighted by molar-refractivity contribution is -0.119. The van der Waals surface area contributed by atoms with Crippen molar-refractivity contribution >= 4 is 23.5 Å².